The highest BCUT2D eigenvalue weighted by Gasteiger charge is 2.32. The molecule has 0 spiro atoms. The summed E-state index contributed by atoms with van der Waals surface area (Å²) in [7, 11) is 0. The fourth-order valence-corrected chi connectivity index (χ4v) is 1.40. The van der Waals surface area contributed by atoms with E-state index in [4.69, 9.17) is 5.73 Å². The van der Waals surface area contributed by atoms with E-state index >= 15 is 0 Å². The summed E-state index contributed by atoms with van der Waals surface area (Å²) in [6.45, 7) is 3.60. The van der Waals surface area contributed by atoms with Crippen LogP contribution in [0.25, 0.3) is 0 Å². The number of rotatable bonds is 5. The molecule has 0 radical (unpaired) electrons. The van der Waals surface area contributed by atoms with Crippen LogP contribution in [0.2, 0.25) is 0 Å². The van der Waals surface area contributed by atoms with Gasteiger partial charge in [-0.3, -0.25) is 9.59 Å². The third kappa shape index (κ3) is 3.49. The normalized spacial score (nSPS) is 17.2. The van der Waals surface area contributed by atoms with Crippen LogP contribution >= 0.6 is 15.9 Å². The van der Waals surface area contributed by atoms with Gasteiger partial charge in [-0.2, -0.15) is 0 Å². The minimum atomic E-state index is -0.644. The summed E-state index contributed by atoms with van der Waals surface area (Å²) >= 11 is 3.13. The van der Waals surface area contributed by atoms with Crippen molar-refractivity contribution in [1.29, 1.82) is 0 Å². The van der Waals surface area contributed by atoms with Crippen LogP contribution in [-0.4, -0.2) is 17.9 Å². The molecule has 1 rings (SSSR count). The molecule has 1 atom stereocenters. The predicted molar refractivity (Wildman–Crippen MR) is 56.5 cm³/mol. The van der Waals surface area contributed by atoms with E-state index in [2.05, 4.69) is 27.8 Å². The molecule has 0 saturated heterocycles. The Kier molecular flexibility index (Phi) is 3.69. The van der Waals surface area contributed by atoms with E-state index in [1.54, 1.807) is 0 Å². The number of hydrogen-bond acceptors (Lipinski definition) is 2. The molecule has 1 aliphatic rings. The summed E-state index contributed by atoms with van der Waals surface area (Å²) in [4.78, 5) is 22.3. The van der Waals surface area contributed by atoms with Gasteiger partial charge in [0.2, 0.25) is 11.8 Å². The van der Waals surface area contributed by atoms with Gasteiger partial charge in [-0.15, -0.1) is 0 Å². The first-order chi connectivity index (χ1) is 6.50. The Hall–Kier alpha value is -0.840. The van der Waals surface area contributed by atoms with Crippen molar-refractivity contribution in [3.63, 3.8) is 0 Å². The van der Waals surface area contributed by atoms with Gasteiger partial charge in [0.1, 0.15) is 6.04 Å². The monoisotopic (exact) mass is 260 g/mol. The van der Waals surface area contributed by atoms with Gasteiger partial charge < -0.3 is 11.1 Å². The first-order valence-corrected chi connectivity index (χ1v) is 5.23. The van der Waals surface area contributed by atoms with E-state index in [1.807, 2.05) is 0 Å². The van der Waals surface area contributed by atoms with Crippen molar-refractivity contribution in [3.05, 3.63) is 11.1 Å². The zero-order valence-electron chi connectivity index (χ0n) is 7.75. The molecule has 1 aliphatic carbocycles. The van der Waals surface area contributed by atoms with Crippen LogP contribution in [0, 0.1) is 5.92 Å². The quantitative estimate of drug-likeness (QED) is 0.763. The van der Waals surface area contributed by atoms with Gasteiger partial charge in [0, 0.05) is 12.3 Å². The average molecular weight is 261 g/mol. The van der Waals surface area contributed by atoms with Crippen molar-refractivity contribution in [2.45, 2.75) is 25.3 Å². The molecule has 14 heavy (non-hydrogen) atoms. The highest BCUT2D eigenvalue weighted by molar-refractivity contribution is 9.11. The second kappa shape index (κ2) is 4.59. The summed E-state index contributed by atoms with van der Waals surface area (Å²) in [6, 6.07) is -0.644. The van der Waals surface area contributed by atoms with Crippen molar-refractivity contribution < 1.29 is 9.59 Å². The fraction of sp³-hybridized carbons (Fsp3) is 0.556. The minimum Gasteiger partial charge on any atom is -0.368 e. The summed E-state index contributed by atoms with van der Waals surface area (Å²) in [5.74, 6) is -0.525. The lowest BCUT2D eigenvalue weighted by Gasteiger charge is -2.14. The molecule has 4 nitrogen and oxygen atoms in total. The van der Waals surface area contributed by atoms with Gasteiger partial charge in [0.15, 0.2) is 0 Å². The maximum Gasteiger partial charge on any atom is 0.240 e. The van der Waals surface area contributed by atoms with Crippen molar-refractivity contribution in [2.75, 3.05) is 0 Å². The number of nitrogens with two attached hydrogens (primary N) is 1. The fourth-order valence-electron chi connectivity index (χ4n) is 1.08. The summed E-state index contributed by atoms with van der Waals surface area (Å²) in [5.41, 5.74) is 5.14. The molecular formula is C9H13BrN2O2. The second-order valence-electron chi connectivity index (χ2n) is 3.46. The van der Waals surface area contributed by atoms with Crippen LogP contribution in [-0.2, 0) is 9.59 Å². The Morgan fingerprint density at radius 3 is 2.50 bits per heavy atom. The van der Waals surface area contributed by atoms with Gasteiger partial charge in [-0.25, -0.2) is 0 Å². The lowest BCUT2D eigenvalue weighted by atomic mass is 10.2. The smallest absolute Gasteiger partial charge is 0.240 e. The SMILES string of the molecule is C=C(Br)C[C@@H](NC(=O)C1CC1)C(N)=O. The molecule has 1 saturated carbocycles. The maximum atomic E-state index is 11.3. The Morgan fingerprint density at radius 2 is 2.14 bits per heavy atom. The molecule has 0 aromatic carbocycles. The summed E-state index contributed by atoms with van der Waals surface area (Å²) in [5, 5.41) is 2.61. The van der Waals surface area contributed by atoms with E-state index in [9.17, 15) is 9.59 Å². The number of amides is 2. The van der Waals surface area contributed by atoms with Crippen molar-refractivity contribution in [1.82, 2.24) is 5.32 Å². The Bertz CT molecular complexity index is 274. The number of carbonyl (C=O) groups is 2. The molecule has 1 fully saturated rings. The van der Waals surface area contributed by atoms with E-state index in [0.29, 0.717) is 10.9 Å². The molecule has 0 aliphatic heterocycles. The van der Waals surface area contributed by atoms with Gasteiger partial charge in [0.25, 0.3) is 0 Å². The van der Waals surface area contributed by atoms with Crippen molar-refractivity contribution in [2.24, 2.45) is 11.7 Å². The molecule has 3 N–H and O–H groups in total. The molecule has 0 bridgehead atoms. The Balaban J connectivity index is 2.45. The summed E-state index contributed by atoms with van der Waals surface area (Å²) < 4.78 is 0.650. The number of hydrogen-bond donors (Lipinski definition) is 2. The third-order valence-corrected chi connectivity index (χ3v) is 2.36. The lowest BCUT2D eigenvalue weighted by Crippen LogP contribution is -2.45. The van der Waals surface area contributed by atoms with Gasteiger partial charge in [0.05, 0.1) is 0 Å². The predicted octanol–water partition coefficient (Wildman–Crippen LogP) is 0.665. The van der Waals surface area contributed by atoms with Gasteiger partial charge >= 0.3 is 0 Å². The molecule has 2 amide bonds. The number of halogens is 1. The molecule has 0 unspecified atom stereocenters. The van der Waals surface area contributed by atoms with Gasteiger partial charge in [-0.1, -0.05) is 22.5 Å². The number of primary amides is 1. The van der Waals surface area contributed by atoms with Crippen LogP contribution in [0.5, 0.6) is 0 Å². The second-order valence-corrected chi connectivity index (χ2v) is 4.58. The highest BCUT2D eigenvalue weighted by Crippen LogP contribution is 2.29. The maximum absolute atomic E-state index is 11.3. The molecule has 0 aromatic heterocycles. The standard InChI is InChI=1S/C9H13BrN2O2/c1-5(10)4-7(8(11)13)12-9(14)6-2-3-6/h6-7H,1-4H2,(H2,11,13)(H,12,14)/t7-/m1/s1. The van der Waals surface area contributed by atoms with E-state index in [1.165, 1.54) is 0 Å². The topological polar surface area (TPSA) is 72.2 Å². The average Bonchev–Trinajstić information content (AvgIpc) is 2.83. The van der Waals surface area contributed by atoms with Crippen LogP contribution in [0.4, 0.5) is 0 Å². The largest absolute Gasteiger partial charge is 0.368 e. The first kappa shape index (κ1) is 11.2. The molecule has 0 heterocycles. The molecule has 78 valence electrons. The van der Waals surface area contributed by atoms with Crippen molar-refractivity contribution in [3.8, 4) is 0 Å². The first-order valence-electron chi connectivity index (χ1n) is 4.43. The van der Waals surface area contributed by atoms with Gasteiger partial charge in [-0.05, 0) is 17.3 Å². The Labute approximate surface area is 91.0 Å². The minimum absolute atomic E-state index is 0.0810. The molecule has 5 heteroatoms. The van der Waals surface area contributed by atoms with Crippen LogP contribution in [0.15, 0.2) is 11.1 Å². The third-order valence-electron chi connectivity index (χ3n) is 2.03. The zero-order valence-corrected chi connectivity index (χ0v) is 9.34. The lowest BCUT2D eigenvalue weighted by molar-refractivity contribution is -0.128. The van der Waals surface area contributed by atoms with Crippen LogP contribution < -0.4 is 11.1 Å². The molecule has 0 aromatic rings. The zero-order chi connectivity index (χ0) is 10.7. The van der Waals surface area contributed by atoms with E-state index in [-0.39, 0.29) is 11.8 Å². The van der Waals surface area contributed by atoms with Crippen LogP contribution in [0.1, 0.15) is 19.3 Å². The highest BCUT2D eigenvalue weighted by atomic mass is 79.9. The van der Waals surface area contributed by atoms with Crippen molar-refractivity contribution >= 4 is 27.7 Å². The van der Waals surface area contributed by atoms with Crippen LogP contribution in [0.3, 0.4) is 0 Å². The number of nitrogens with one attached hydrogen (secondary N) is 1. The van der Waals surface area contributed by atoms with E-state index < -0.39 is 11.9 Å². The molecular weight excluding hydrogens is 248 g/mol. The summed E-state index contributed by atoms with van der Waals surface area (Å²) in [6.07, 6.45) is 2.16. The Morgan fingerprint density at radius 1 is 1.57 bits per heavy atom. The number of carbonyl (C=O) groups excluding carboxylic acids is 2. The van der Waals surface area contributed by atoms with E-state index in [0.717, 1.165) is 12.8 Å².